The number of halogens is 6. The van der Waals surface area contributed by atoms with E-state index in [1.54, 1.807) is 11.8 Å². The van der Waals surface area contributed by atoms with E-state index in [0.717, 1.165) is 30.1 Å². The van der Waals surface area contributed by atoms with Crippen LogP contribution in [0.3, 0.4) is 0 Å². The number of alkyl halides is 6. The number of aliphatic carboxylic acids is 1. The first-order valence-corrected chi connectivity index (χ1v) is 18.7. The van der Waals surface area contributed by atoms with Gasteiger partial charge < -0.3 is 24.4 Å². The minimum absolute atomic E-state index is 0.0338. The lowest BCUT2D eigenvalue weighted by Crippen LogP contribution is -2.67. The molecule has 2 aliphatic rings. The molecule has 9 nitrogen and oxygen atoms in total. The average molecular weight is 784 g/mol. The molecule has 5 rings (SSSR count). The zero-order chi connectivity index (χ0) is 39.3. The molecule has 4 heterocycles. The van der Waals surface area contributed by atoms with Crippen LogP contribution in [-0.2, 0) is 38.7 Å². The molecule has 2 saturated heterocycles. The summed E-state index contributed by atoms with van der Waals surface area (Å²) in [6.45, 7) is 4.19. The number of para-hydroxylation sites is 1. The predicted octanol–water partition coefficient (Wildman–Crippen LogP) is 8.36. The number of carboxylic acid groups (broad SMARTS) is 1. The van der Waals surface area contributed by atoms with E-state index in [0.29, 0.717) is 42.8 Å². The Kier molecular flexibility index (Phi) is 12.7. The lowest BCUT2D eigenvalue weighted by atomic mass is 9.73. The zero-order valence-electron chi connectivity index (χ0n) is 30.0. The molecule has 0 unspecified atom stereocenters. The lowest BCUT2D eigenvalue weighted by molar-refractivity contribution is -0.180. The van der Waals surface area contributed by atoms with Crippen LogP contribution in [-0.4, -0.2) is 75.6 Å². The van der Waals surface area contributed by atoms with Crippen molar-refractivity contribution in [1.29, 1.82) is 0 Å². The number of hydrogen-bond acceptors (Lipinski definition) is 7. The number of aromatic nitrogens is 1. The van der Waals surface area contributed by atoms with E-state index in [1.807, 2.05) is 31.2 Å². The molecule has 16 heteroatoms. The van der Waals surface area contributed by atoms with E-state index in [9.17, 15) is 40.7 Å². The molecule has 0 bridgehead atoms. The molecular formula is C38H43F6N3O6S. The van der Waals surface area contributed by atoms with Crippen molar-refractivity contribution < 1.29 is 55.3 Å². The monoisotopic (exact) mass is 783 g/mol. The van der Waals surface area contributed by atoms with Crippen LogP contribution in [0.25, 0.3) is 0 Å². The van der Waals surface area contributed by atoms with Crippen LogP contribution in [0.15, 0.2) is 54.2 Å². The Labute approximate surface area is 313 Å². The topological polar surface area (TPSA) is 109 Å². The quantitative estimate of drug-likeness (QED) is 0.137. The van der Waals surface area contributed by atoms with Crippen LogP contribution in [0.5, 0.6) is 5.75 Å². The predicted molar refractivity (Wildman–Crippen MR) is 187 cm³/mol. The highest BCUT2D eigenvalue weighted by atomic mass is 32.1. The van der Waals surface area contributed by atoms with Crippen LogP contribution in [0.2, 0.25) is 0 Å². The Hall–Kier alpha value is -4.18. The molecule has 1 N–H and O–H groups in total. The Balaban J connectivity index is 1.46. The smallest absolute Gasteiger partial charge is 0.425 e. The summed E-state index contributed by atoms with van der Waals surface area (Å²) in [6, 6.07) is 8.06. The summed E-state index contributed by atoms with van der Waals surface area (Å²) in [4.78, 5) is 45.8. The molecule has 1 aromatic carbocycles. The van der Waals surface area contributed by atoms with Crippen molar-refractivity contribution in [3.05, 3.63) is 81.3 Å². The molecule has 2 aliphatic heterocycles. The Morgan fingerprint density at radius 1 is 1.02 bits per heavy atom. The Bertz CT molecular complexity index is 1790. The molecule has 0 spiro atoms. The molecule has 2 amide bonds. The molecule has 2 atom stereocenters. The fraction of sp³-hybridized carbons (Fsp3) is 0.526. The van der Waals surface area contributed by atoms with Gasteiger partial charge in [0, 0.05) is 44.0 Å². The Morgan fingerprint density at radius 3 is 2.39 bits per heavy atom. The van der Waals surface area contributed by atoms with Gasteiger partial charge in [-0.05, 0) is 73.1 Å². The summed E-state index contributed by atoms with van der Waals surface area (Å²) in [7, 11) is 0. The van der Waals surface area contributed by atoms with E-state index in [2.05, 4.69) is 4.98 Å². The number of nitrogens with zero attached hydrogens (tertiary/aromatic N) is 3. The largest absolute Gasteiger partial charge is 0.493 e. The molecule has 54 heavy (non-hydrogen) atoms. The Morgan fingerprint density at radius 2 is 1.74 bits per heavy atom. The van der Waals surface area contributed by atoms with Gasteiger partial charge in [0.25, 0.3) is 11.8 Å². The number of ether oxygens (including phenoxy) is 2. The second kappa shape index (κ2) is 16.7. The zero-order valence-corrected chi connectivity index (χ0v) is 30.8. The third-order valence-electron chi connectivity index (χ3n) is 10.3. The maximum atomic E-state index is 14.9. The van der Waals surface area contributed by atoms with E-state index in [1.165, 1.54) is 10.3 Å². The maximum Gasteiger partial charge on any atom is 0.425 e. The highest BCUT2D eigenvalue weighted by molar-refractivity contribution is 7.10. The van der Waals surface area contributed by atoms with Crippen molar-refractivity contribution >= 4 is 29.1 Å². The molecule has 2 aromatic heterocycles. The van der Waals surface area contributed by atoms with E-state index in [4.69, 9.17) is 14.6 Å². The molecule has 0 aliphatic carbocycles. The van der Waals surface area contributed by atoms with Gasteiger partial charge in [-0.3, -0.25) is 19.4 Å². The van der Waals surface area contributed by atoms with Crippen molar-refractivity contribution in [3.8, 4) is 5.75 Å². The van der Waals surface area contributed by atoms with Gasteiger partial charge in [-0.25, -0.2) is 0 Å². The van der Waals surface area contributed by atoms with Gasteiger partial charge in [-0.15, -0.1) is 11.3 Å². The van der Waals surface area contributed by atoms with Crippen LogP contribution in [0, 0.1) is 0 Å². The summed E-state index contributed by atoms with van der Waals surface area (Å²) < 4.78 is 95.1. The summed E-state index contributed by atoms with van der Waals surface area (Å²) in [6.07, 6.45) is -5.51. The van der Waals surface area contributed by atoms with Gasteiger partial charge in [0.05, 0.1) is 30.4 Å². The van der Waals surface area contributed by atoms with Crippen molar-refractivity contribution in [2.75, 3.05) is 26.2 Å². The van der Waals surface area contributed by atoms with Crippen molar-refractivity contribution in [3.63, 3.8) is 0 Å². The number of carbonyl (C=O) groups is 3. The van der Waals surface area contributed by atoms with E-state index < -0.39 is 63.2 Å². The first-order valence-electron chi connectivity index (χ1n) is 17.8. The van der Waals surface area contributed by atoms with Crippen molar-refractivity contribution in [2.45, 2.75) is 101 Å². The molecular weight excluding hydrogens is 740 g/mol. The van der Waals surface area contributed by atoms with Gasteiger partial charge in [0.15, 0.2) is 5.60 Å². The van der Waals surface area contributed by atoms with Crippen molar-refractivity contribution in [2.24, 2.45) is 0 Å². The molecule has 2 fully saturated rings. The molecule has 0 radical (unpaired) electrons. The standard InChI is InChI=1S/C38H43F6N3O6S/c1-3-8-30-36(53-23-25-21-31(54-24-25)38(42,43)44,13-7-17-47(30)33(50)26-22-45-16-12-27(26)37(39,40)41)34(51)46-18-14-35(2,15-19-46)28-9-4-5-10-29(28)52-20-6-11-32(48)49/h4-5,9-10,12,16,21-22,24,30H,3,6-8,11,13-15,17-20,23H2,1-2H3,(H,48,49)/t30-,36+/m1/s1. The summed E-state index contributed by atoms with van der Waals surface area (Å²) in [5.41, 5.74) is -2.99. The minimum Gasteiger partial charge on any atom is -0.493 e. The second-order valence-corrected chi connectivity index (χ2v) is 14.9. The van der Waals surface area contributed by atoms with Gasteiger partial charge in [0.1, 0.15) is 10.6 Å². The van der Waals surface area contributed by atoms with E-state index in [-0.39, 0.29) is 64.1 Å². The third kappa shape index (κ3) is 9.02. The number of likely N-dealkylation sites (tertiary alicyclic amines) is 2. The molecule has 0 saturated carbocycles. The SMILES string of the molecule is CCC[C@H]1N(C(=O)c2cnccc2C(F)(F)F)CCC[C@@]1(OCc1csc(C(F)(F)F)c1)C(=O)N1CCC(C)(c2ccccc2OCCCC(=O)O)CC1. The van der Waals surface area contributed by atoms with Crippen LogP contribution < -0.4 is 4.74 Å². The number of piperidine rings is 2. The number of rotatable bonds is 13. The second-order valence-electron chi connectivity index (χ2n) is 14.0. The first kappa shape index (κ1) is 41.0. The maximum absolute atomic E-state index is 14.9. The molecule has 294 valence electrons. The van der Waals surface area contributed by atoms with Crippen LogP contribution in [0.1, 0.15) is 97.1 Å². The lowest BCUT2D eigenvalue weighted by Gasteiger charge is -2.51. The summed E-state index contributed by atoms with van der Waals surface area (Å²) in [5.74, 6) is -1.76. The number of amides is 2. The van der Waals surface area contributed by atoms with Crippen molar-refractivity contribution in [1.82, 2.24) is 14.8 Å². The number of carbonyl (C=O) groups excluding carboxylic acids is 2. The highest BCUT2D eigenvalue weighted by Crippen LogP contribution is 2.44. The van der Waals surface area contributed by atoms with E-state index >= 15 is 0 Å². The van der Waals surface area contributed by atoms with Crippen LogP contribution in [0.4, 0.5) is 26.3 Å². The highest BCUT2D eigenvalue weighted by Gasteiger charge is 2.55. The summed E-state index contributed by atoms with van der Waals surface area (Å²) >= 11 is 0.487. The third-order valence-corrected chi connectivity index (χ3v) is 11.3. The summed E-state index contributed by atoms with van der Waals surface area (Å²) in [5, 5.41) is 10.3. The van der Waals surface area contributed by atoms with Gasteiger partial charge in [0.2, 0.25) is 0 Å². The number of thiophene rings is 1. The fourth-order valence-electron chi connectivity index (χ4n) is 7.49. The number of benzene rings is 1. The van der Waals surface area contributed by atoms with Gasteiger partial charge >= 0.3 is 18.3 Å². The number of carboxylic acids is 1. The van der Waals surface area contributed by atoms with Gasteiger partial charge in [-0.1, -0.05) is 38.5 Å². The normalized spacial score (nSPS) is 20.5. The molecule has 3 aromatic rings. The minimum atomic E-state index is -4.86. The van der Waals surface area contributed by atoms with Gasteiger partial charge in [-0.2, -0.15) is 26.3 Å². The first-order chi connectivity index (χ1) is 25.5. The number of pyridine rings is 1. The fourth-order valence-corrected chi connectivity index (χ4v) is 8.25. The number of hydrogen-bond donors (Lipinski definition) is 1. The van der Waals surface area contributed by atoms with Crippen LogP contribution >= 0.6 is 11.3 Å². The average Bonchev–Trinajstić information content (AvgIpc) is 3.63.